The Morgan fingerprint density at radius 2 is 2.19 bits per heavy atom. The number of nitrogens with zero attached hydrogens (tertiary/aromatic N) is 1. The monoisotopic (exact) mass is 216 g/mol. The molecule has 0 saturated carbocycles. The second-order valence-electron chi connectivity index (χ2n) is 3.95. The minimum Gasteiger partial charge on any atom is -0.387 e. The summed E-state index contributed by atoms with van der Waals surface area (Å²) in [7, 11) is 1.83. The summed E-state index contributed by atoms with van der Waals surface area (Å²) in [5, 5.41) is 15.1. The Labute approximate surface area is 95.1 Å². The largest absolute Gasteiger partial charge is 0.387 e. The van der Waals surface area contributed by atoms with Crippen LogP contribution in [0.15, 0.2) is 30.5 Å². The van der Waals surface area contributed by atoms with E-state index in [1.165, 1.54) is 0 Å². The number of aromatic nitrogens is 1. The second kappa shape index (κ2) is 4.60. The molecule has 1 aromatic heterocycles. The number of pyridine rings is 1. The highest BCUT2D eigenvalue weighted by Crippen LogP contribution is 2.21. The van der Waals surface area contributed by atoms with E-state index in [0.29, 0.717) is 6.54 Å². The fraction of sp³-hybridized carbons (Fsp3) is 0.308. The molecule has 1 unspecified atom stereocenters. The zero-order valence-electron chi connectivity index (χ0n) is 9.57. The molecule has 0 aliphatic heterocycles. The average Bonchev–Trinajstić information content (AvgIpc) is 2.29. The van der Waals surface area contributed by atoms with Crippen LogP contribution in [-0.4, -0.2) is 23.7 Å². The highest BCUT2D eigenvalue weighted by Gasteiger charge is 2.07. The van der Waals surface area contributed by atoms with E-state index in [9.17, 15) is 5.11 Å². The van der Waals surface area contributed by atoms with Crippen molar-refractivity contribution in [2.45, 2.75) is 13.0 Å². The van der Waals surface area contributed by atoms with Crippen molar-refractivity contribution in [2.75, 3.05) is 13.6 Å². The van der Waals surface area contributed by atoms with Gasteiger partial charge in [0.1, 0.15) is 0 Å². The van der Waals surface area contributed by atoms with E-state index in [1.807, 2.05) is 38.2 Å². The lowest BCUT2D eigenvalue weighted by Gasteiger charge is -2.11. The van der Waals surface area contributed by atoms with Gasteiger partial charge in [-0.25, -0.2) is 0 Å². The van der Waals surface area contributed by atoms with Gasteiger partial charge in [-0.3, -0.25) is 4.98 Å². The maximum absolute atomic E-state index is 9.89. The molecule has 0 aliphatic carbocycles. The predicted octanol–water partition coefficient (Wildman–Crippen LogP) is 1.80. The number of aliphatic hydroxyl groups excluding tert-OH is 1. The lowest BCUT2D eigenvalue weighted by molar-refractivity contribution is 0.178. The molecule has 16 heavy (non-hydrogen) atoms. The van der Waals surface area contributed by atoms with Crippen molar-refractivity contribution in [3.63, 3.8) is 0 Å². The van der Waals surface area contributed by atoms with Gasteiger partial charge in [0, 0.05) is 23.8 Å². The Hall–Kier alpha value is -1.45. The van der Waals surface area contributed by atoms with Gasteiger partial charge in [-0.1, -0.05) is 12.1 Å². The zero-order chi connectivity index (χ0) is 11.5. The lowest BCUT2D eigenvalue weighted by Crippen LogP contribution is -2.16. The van der Waals surface area contributed by atoms with Crippen LogP contribution < -0.4 is 5.32 Å². The third kappa shape index (κ3) is 2.05. The molecular formula is C13H16N2O. The smallest absolute Gasteiger partial charge is 0.0914 e. The maximum Gasteiger partial charge on any atom is 0.0914 e. The Morgan fingerprint density at radius 3 is 2.94 bits per heavy atom. The van der Waals surface area contributed by atoms with Crippen molar-refractivity contribution in [1.29, 1.82) is 0 Å². The van der Waals surface area contributed by atoms with Crippen molar-refractivity contribution in [3.05, 3.63) is 41.7 Å². The summed E-state index contributed by atoms with van der Waals surface area (Å²) in [4.78, 5) is 4.26. The Balaban J connectivity index is 2.46. The molecule has 1 heterocycles. The third-order valence-electron chi connectivity index (χ3n) is 2.77. The van der Waals surface area contributed by atoms with Crippen LogP contribution in [0, 0.1) is 6.92 Å². The topological polar surface area (TPSA) is 45.1 Å². The number of benzene rings is 1. The minimum absolute atomic E-state index is 0.464. The highest BCUT2D eigenvalue weighted by atomic mass is 16.3. The second-order valence-corrected chi connectivity index (χ2v) is 3.95. The normalized spacial score (nSPS) is 12.9. The summed E-state index contributed by atoms with van der Waals surface area (Å²) in [6.07, 6.45) is 1.34. The predicted molar refractivity (Wildman–Crippen MR) is 65.4 cm³/mol. The lowest BCUT2D eigenvalue weighted by atomic mass is 10.0. The van der Waals surface area contributed by atoms with Crippen molar-refractivity contribution < 1.29 is 5.11 Å². The van der Waals surface area contributed by atoms with Crippen LogP contribution in [0.4, 0.5) is 0 Å². The van der Waals surface area contributed by atoms with Gasteiger partial charge in [-0.2, -0.15) is 0 Å². The van der Waals surface area contributed by atoms with Crippen molar-refractivity contribution in [2.24, 2.45) is 0 Å². The molecule has 3 nitrogen and oxygen atoms in total. The number of fused-ring (bicyclic) bond motifs is 1. The first-order chi connectivity index (χ1) is 7.72. The van der Waals surface area contributed by atoms with Crippen LogP contribution in [0.2, 0.25) is 0 Å². The molecule has 2 rings (SSSR count). The van der Waals surface area contributed by atoms with E-state index in [-0.39, 0.29) is 0 Å². The van der Waals surface area contributed by atoms with Crippen LogP contribution >= 0.6 is 0 Å². The zero-order valence-corrected chi connectivity index (χ0v) is 9.57. The summed E-state index contributed by atoms with van der Waals surface area (Å²) in [6.45, 7) is 2.54. The van der Waals surface area contributed by atoms with Crippen molar-refractivity contribution in [3.8, 4) is 0 Å². The van der Waals surface area contributed by atoms with E-state index in [0.717, 1.165) is 22.0 Å². The molecule has 0 saturated heterocycles. The summed E-state index contributed by atoms with van der Waals surface area (Å²) in [5.41, 5.74) is 1.92. The number of hydrogen-bond acceptors (Lipinski definition) is 3. The van der Waals surface area contributed by atoms with Crippen LogP contribution in [0.5, 0.6) is 0 Å². The molecule has 0 spiro atoms. The quantitative estimate of drug-likeness (QED) is 0.822. The molecule has 0 aliphatic rings. The number of hydrogen-bond donors (Lipinski definition) is 2. The van der Waals surface area contributed by atoms with Gasteiger partial charge in [0.25, 0.3) is 0 Å². The summed E-state index contributed by atoms with van der Waals surface area (Å²) < 4.78 is 0. The van der Waals surface area contributed by atoms with Gasteiger partial charge >= 0.3 is 0 Å². The maximum atomic E-state index is 9.89. The number of rotatable bonds is 3. The molecule has 3 heteroatoms. The van der Waals surface area contributed by atoms with Crippen LogP contribution in [0.25, 0.3) is 10.8 Å². The summed E-state index contributed by atoms with van der Waals surface area (Å²) >= 11 is 0. The number of likely N-dealkylation sites (N-methyl/N-ethyl adjacent to an activating group) is 1. The van der Waals surface area contributed by atoms with Gasteiger partial charge in [-0.05, 0) is 37.1 Å². The molecule has 84 valence electrons. The minimum atomic E-state index is -0.464. The van der Waals surface area contributed by atoms with Crippen LogP contribution in [0.3, 0.4) is 0 Å². The first-order valence-corrected chi connectivity index (χ1v) is 5.40. The molecule has 2 N–H and O–H groups in total. The van der Waals surface area contributed by atoms with Crippen molar-refractivity contribution in [1.82, 2.24) is 10.3 Å². The first kappa shape index (κ1) is 11.0. The van der Waals surface area contributed by atoms with Crippen LogP contribution in [0.1, 0.15) is 17.4 Å². The summed E-state index contributed by atoms with van der Waals surface area (Å²) in [5.74, 6) is 0. The van der Waals surface area contributed by atoms with E-state index < -0.39 is 6.10 Å². The molecule has 1 atom stereocenters. The fourth-order valence-corrected chi connectivity index (χ4v) is 1.85. The molecular weight excluding hydrogens is 200 g/mol. The van der Waals surface area contributed by atoms with Crippen LogP contribution in [-0.2, 0) is 0 Å². The fourth-order valence-electron chi connectivity index (χ4n) is 1.85. The SMILES string of the molecule is CNCC(O)c1ccc2ccnc(C)c2c1. The van der Waals surface area contributed by atoms with Gasteiger partial charge in [-0.15, -0.1) is 0 Å². The van der Waals surface area contributed by atoms with Crippen molar-refractivity contribution >= 4 is 10.8 Å². The van der Waals surface area contributed by atoms with Gasteiger partial charge < -0.3 is 10.4 Å². The molecule has 0 amide bonds. The van der Waals surface area contributed by atoms with Gasteiger partial charge in [0.2, 0.25) is 0 Å². The first-order valence-electron chi connectivity index (χ1n) is 5.40. The molecule has 2 aromatic rings. The van der Waals surface area contributed by atoms with Gasteiger partial charge in [0.15, 0.2) is 0 Å². The Morgan fingerprint density at radius 1 is 1.38 bits per heavy atom. The molecule has 0 fully saturated rings. The molecule has 0 bridgehead atoms. The Bertz CT molecular complexity index is 496. The number of aliphatic hydroxyl groups is 1. The van der Waals surface area contributed by atoms with E-state index >= 15 is 0 Å². The molecule has 1 aromatic carbocycles. The highest BCUT2D eigenvalue weighted by molar-refractivity contribution is 5.84. The van der Waals surface area contributed by atoms with E-state index in [1.54, 1.807) is 6.20 Å². The van der Waals surface area contributed by atoms with E-state index in [2.05, 4.69) is 10.3 Å². The van der Waals surface area contributed by atoms with Gasteiger partial charge in [0.05, 0.1) is 6.10 Å². The summed E-state index contributed by atoms with van der Waals surface area (Å²) in [6, 6.07) is 7.98. The number of aryl methyl sites for hydroxylation is 1. The number of nitrogens with one attached hydrogen (secondary N) is 1. The molecule has 0 radical (unpaired) electrons. The average molecular weight is 216 g/mol. The third-order valence-corrected chi connectivity index (χ3v) is 2.77. The Kier molecular flexibility index (Phi) is 3.17. The standard InChI is InChI=1S/C13H16N2O/c1-9-12-7-11(13(16)8-14-2)4-3-10(12)5-6-15-9/h3-7,13-14,16H,8H2,1-2H3. The van der Waals surface area contributed by atoms with E-state index in [4.69, 9.17) is 0 Å².